The third-order valence-electron chi connectivity index (χ3n) is 20.5. The number of carboxylic acids is 8. The van der Waals surface area contributed by atoms with Crippen molar-refractivity contribution in [3.63, 3.8) is 0 Å². The molecule has 49 heteroatoms. The molecule has 4 aromatic rings. The summed E-state index contributed by atoms with van der Waals surface area (Å²) in [5.74, 6) is -31.0. The van der Waals surface area contributed by atoms with Gasteiger partial charge in [0.15, 0.2) is 0 Å². The van der Waals surface area contributed by atoms with Gasteiger partial charge in [-0.25, -0.2) is 4.79 Å². The van der Waals surface area contributed by atoms with Gasteiger partial charge in [0.1, 0.15) is 84.3 Å². The normalized spacial score (nSPS) is 15.1. The maximum atomic E-state index is 14.9. The van der Waals surface area contributed by atoms with Gasteiger partial charge in [-0.2, -0.15) is 0 Å². The van der Waals surface area contributed by atoms with Crippen molar-refractivity contribution in [1.29, 1.82) is 0 Å². The minimum atomic E-state index is -2.26. The fourth-order valence-corrected chi connectivity index (χ4v) is 13.6. The molecule has 27 N–H and O–H groups in total. The highest BCUT2D eigenvalue weighted by molar-refractivity contribution is 6.02. The van der Waals surface area contributed by atoms with Crippen LogP contribution in [0, 0.1) is 5.92 Å². The number of H-pyrrole nitrogens is 1. The quantitative estimate of drug-likeness (QED) is 0.0197. The number of hydrogen-bond donors (Lipinski definition) is 25. The zero-order valence-electron chi connectivity index (χ0n) is 71.8. The number of aromatic amines is 1. The predicted octanol–water partition coefficient (Wildman–Crippen LogP) is -5.16. The number of para-hydroxylation sites is 1. The molecule has 14 atom stereocenters. The number of primary amides is 1. The molecule has 1 saturated heterocycles. The van der Waals surface area contributed by atoms with Gasteiger partial charge < -0.3 is 136 Å². The Balaban J connectivity index is 1.35. The first-order chi connectivity index (χ1) is 62.2. The van der Waals surface area contributed by atoms with Gasteiger partial charge in [-0.3, -0.25) is 105 Å². The van der Waals surface area contributed by atoms with Crippen LogP contribution in [0.25, 0.3) is 10.9 Å². The Kier molecular flexibility index (Phi) is 43.0. The molecule has 3 aromatic carbocycles. The summed E-state index contributed by atoms with van der Waals surface area (Å²) in [6, 6.07) is -5.12. The smallest absolute Gasteiger partial charge is 0.326 e. The first kappa shape index (κ1) is 107. The van der Waals surface area contributed by atoms with Crippen molar-refractivity contribution in [2.45, 2.75) is 234 Å². The molecule has 2 heterocycles. The van der Waals surface area contributed by atoms with E-state index in [4.69, 9.17) is 16.6 Å². The number of phenolic OH excluding ortho intramolecular Hbond substituents is 1. The lowest BCUT2D eigenvalue weighted by molar-refractivity contribution is -0.145. The van der Waals surface area contributed by atoms with Crippen molar-refractivity contribution in [2.75, 3.05) is 13.1 Å². The first-order valence-electron chi connectivity index (χ1n) is 41.6. The summed E-state index contributed by atoms with van der Waals surface area (Å²) < 4.78 is 0. The summed E-state index contributed by atoms with van der Waals surface area (Å²) >= 11 is 0. The Morgan fingerprint density at radius 3 is 1.33 bits per heavy atom. The number of aliphatic carboxylic acids is 8. The molecule has 0 unspecified atom stereocenters. The number of hydrogen-bond acceptors (Lipinski definition) is 25. The Hall–Kier alpha value is -15.2. The number of fused-ring (bicyclic) bond motifs is 1. The zero-order chi connectivity index (χ0) is 98.3. The van der Waals surface area contributed by atoms with Crippen LogP contribution in [0.15, 0.2) is 85.1 Å². The van der Waals surface area contributed by atoms with E-state index in [1.165, 1.54) is 31.2 Å². The van der Waals surface area contributed by atoms with Gasteiger partial charge in [-0.05, 0) is 106 Å². The van der Waals surface area contributed by atoms with Gasteiger partial charge in [0.05, 0.1) is 25.4 Å². The van der Waals surface area contributed by atoms with Crippen LogP contribution in [0.3, 0.4) is 0 Å². The molecule has 0 spiro atoms. The van der Waals surface area contributed by atoms with E-state index in [9.17, 15) is 151 Å². The molecule has 1 aromatic heterocycles. The molecule has 718 valence electrons. The van der Waals surface area contributed by atoms with Gasteiger partial charge in [0.2, 0.25) is 88.6 Å². The fourth-order valence-electron chi connectivity index (χ4n) is 13.6. The number of nitrogens with one attached hydrogen (secondary N) is 14. The van der Waals surface area contributed by atoms with E-state index in [2.05, 4.69) is 68.8 Å². The number of rotatable bonds is 58. The number of aromatic nitrogens is 1. The minimum Gasteiger partial charge on any atom is -0.508 e. The second-order valence-corrected chi connectivity index (χ2v) is 31.4. The van der Waals surface area contributed by atoms with E-state index in [0.29, 0.717) is 22.0 Å². The Morgan fingerprint density at radius 1 is 0.402 bits per heavy atom. The van der Waals surface area contributed by atoms with E-state index in [1.807, 2.05) is 5.32 Å². The van der Waals surface area contributed by atoms with Crippen LogP contribution in [0.5, 0.6) is 5.75 Å². The third-order valence-corrected chi connectivity index (χ3v) is 20.5. The summed E-state index contributed by atoms with van der Waals surface area (Å²) in [5.41, 5.74) is 12.8. The van der Waals surface area contributed by atoms with Crippen molar-refractivity contribution >= 4 is 147 Å². The predicted molar refractivity (Wildman–Crippen MR) is 453 cm³/mol. The molecule has 0 radical (unpaired) electrons. The van der Waals surface area contributed by atoms with Crippen LogP contribution < -0.4 is 80.6 Å². The average Bonchev–Trinajstić information content (AvgIpc) is 1.66. The van der Waals surface area contributed by atoms with Gasteiger partial charge >= 0.3 is 47.8 Å². The lowest BCUT2D eigenvalue weighted by Crippen LogP contribution is -2.60. The van der Waals surface area contributed by atoms with Gasteiger partial charge in [-0.15, -0.1) is 0 Å². The Labute approximate surface area is 751 Å². The highest BCUT2D eigenvalue weighted by Gasteiger charge is 2.43. The van der Waals surface area contributed by atoms with Gasteiger partial charge in [-0.1, -0.05) is 74.5 Å². The van der Waals surface area contributed by atoms with Crippen molar-refractivity contribution < 1.29 is 156 Å². The topological polar surface area (TPSA) is 802 Å². The average molecular weight is 1860 g/mol. The minimum absolute atomic E-state index is 0.0267. The summed E-state index contributed by atoms with van der Waals surface area (Å²) in [4.78, 5) is 309. The number of carbonyl (C=O) groups is 23. The summed E-state index contributed by atoms with van der Waals surface area (Å²) in [6.07, 6.45) is -10.9. The zero-order valence-corrected chi connectivity index (χ0v) is 71.8. The van der Waals surface area contributed by atoms with Crippen molar-refractivity contribution in [1.82, 2.24) is 79.0 Å². The number of carboxylic acid groups (broad SMARTS) is 8. The first-order valence-corrected chi connectivity index (χ1v) is 41.6. The van der Waals surface area contributed by atoms with E-state index in [-0.39, 0.29) is 55.9 Å². The number of amides is 15. The summed E-state index contributed by atoms with van der Waals surface area (Å²) in [5, 5.41) is 118. The standard InChI is InChI=1S/C83H109N17O32/c1-40(2)32-54(76(124)94-53(83(131)132)24-30-67(112)113)96-78(126)57(35-44-38-86-48-13-8-7-12-46(44)48)95-70(118)41(3)88-75(123)55(33-42-10-5-4-6-11-42)97-77(125)56(34-43-15-17-45(101)18-16-43)98-79(127)58(36-68(114)115)89-62(103)39-87-72(120)49(21-27-64(106)107)92-81(129)60-14-9-31-100(60)82(130)52(23-29-66(110)111)93-80(128)59(37-69(116)117)99-74(122)51(22-28-65(108)109)91-73(121)50(20-25-61(85)102)90-71(119)47(84)19-26-63(104)105/h4-8,10-13,15-18,38,40-41,47,49-60,86,101H,9,14,19-37,39,84H2,1-3H3,(H2,85,102)(H,87,120)(H,88,123)(H,89,103)(H,90,119)(H,91,121)(H,92,129)(H,93,128)(H,94,124)(H,95,118)(H,96,126)(H,97,125)(H,98,127)(H,99,122)(H,104,105)(H,106,107)(H,108,109)(H,110,111)(H,112,113)(H,114,115)(H,116,117)(H,131,132)/t41-,47-,49-,50-,51-,52-,53-,54-,55-,56-,57-,58-,59-,60-/m0/s1. The highest BCUT2D eigenvalue weighted by Crippen LogP contribution is 2.24. The lowest BCUT2D eigenvalue weighted by atomic mass is 10.00. The molecule has 15 amide bonds. The second kappa shape index (κ2) is 52.9. The molecule has 1 fully saturated rings. The Morgan fingerprint density at radius 2 is 0.803 bits per heavy atom. The van der Waals surface area contributed by atoms with Crippen LogP contribution >= 0.6 is 0 Å². The van der Waals surface area contributed by atoms with Crippen LogP contribution in [0.1, 0.15) is 147 Å². The molecule has 49 nitrogen and oxygen atoms in total. The van der Waals surface area contributed by atoms with E-state index in [0.717, 1.165) is 4.90 Å². The van der Waals surface area contributed by atoms with E-state index < -0.39 is 324 Å². The van der Waals surface area contributed by atoms with Gasteiger partial charge in [0, 0.05) is 81.4 Å². The summed E-state index contributed by atoms with van der Waals surface area (Å²) in [7, 11) is 0. The number of carbonyl (C=O) groups excluding carboxylic acids is 15. The third kappa shape index (κ3) is 37.2. The van der Waals surface area contributed by atoms with E-state index in [1.54, 1.807) is 74.6 Å². The Bertz CT molecular complexity index is 4870. The van der Waals surface area contributed by atoms with Crippen LogP contribution in [0.2, 0.25) is 0 Å². The van der Waals surface area contributed by atoms with E-state index >= 15 is 0 Å². The van der Waals surface area contributed by atoms with Crippen LogP contribution in [-0.4, -0.2) is 290 Å². The summed E-state index contributed by atoms with van der Waals surface area (Å²) in [6.45, 7) is 3.09. The highest BCUT2D eigenvalue weighted by atomic mass is 16.4. The molecule has 1 aliphatic rings. The maximum Gasteiger partial charge on any atom is 0.326 e. The fraction of sp³-hybridized carbons (Fsp3) is 0.482. The molecule has 0 saturated carbocycles. The van der Waals surface area contributed by atoms with Gasteiger partial charge in [0.25, 0.3) is 0 Å². The molecule has 0 aliphatic carbocycles. The number of nitrogens with two attached hydrogens (primary N) is 2. The van der Waals surface area contributed by atoms with Crippen molar-refractivity contribution in [3.05, 3.63) is 102 Å². The molecule has 132 heavy (non-hydrogen) atoms. The number of phenols is 1. The lowest BCUT2D eigenvalue weighted by Gasteiger charge is -2.30. The second-order valence-electron chi connectivity index (χ2n) is 31.4. The molecule has 1 aliphatic heterocycles. The molecule has 5 rings (SSSR count). The number of nitrogens with zero attached hydrogens (tertiary/aromatic N) is 1. The molecular formula is C83H109N17O32. The van der Waals surface area contributed by atoms with Crippen molar-refractivity contribution in [3.8, 4) is 5.75 Å². The molecular weight excluding hydrogens is 1750 g/mol. The molecule has 0 bridgehead atoms. The van der Waals surface area contributed by atoms with Crippen LogP contribution in [-0.2, 0) is 130 Å². The number of aromatic hydroxyl groups is 1. The number of likely N-dealkylation sites (tertiary alicyclic amines) is 1. The van der Waals surface area contributed by atoms with Crippen LogP contribution in [0.4, 0.5) is 0 Å². The SMILES string of the molecule is CC(C)C[C@H](NC(=O)[C@H](Cc1c[nH]c2ccccc12)NC(=O)[C@H](C)NC(=O)[C@H](Cc1ccccc1)NC(=O)[C@H](Cc1ccc(O)cc1)NC(=O)[C@H](CC(=O)O)NC(=O)CNC(=O)[C@H](CCC(=O)O)NC(=O)[C@@H]1CCCN1C(=O)[C@H](CCC(=O)O)NC(=O)[C@H](CC(=O)O)NC(=O)[C@H](CCC(=O)O)NC(=O)[C@H](CCC(N)=O)NC(=O)[C@@H](N)CCC(=O)O)C(=O)N[C@@H](CCC(=O)O)C(=O)O. The number of benzene rings is 3. The van der Waals surface area contributed by atoms with Crippen molar-refractivity contribution in [2.24, 2.45) is 17.4 Å². The monoisotopic (exact) mass is 1860 g/mol. The largest absolute Gasteiger partial charge is 0.508 e. The maximum absolute atomic E-state index is 14.9.